The fourth-order valence-corrected chi connectivity index (χ4v) is 5.04. The molecule has 0 aliphatic rings. The molecule has 6 heteroatoms. The molecule has 3 aromatic rings. The van der Waals surface area contributed by atoms with Gasteiger partial charge >= 0.3 is 0 Å². The first kappa shape index (κ1) is 26.6. The number of benzene rings is 2. The highest BCUT2D eigenvalue weighted by Gasteiger charge is 2.27. The van der Waals surface area contributed by atoms with Crippen molar-refractivity contribution in [1.82, 2.24) is 9.80 Å². The van der Waals surface area contributed by atoms with Crippen LogP contribution in [0.1, 0.15) is 60.6 Å². The summed E-state index contributed by atoms with van der Waals surface area (Å²) in [6.45, 7) is 7.54. The summed E-state index contributed by atoms with van der Waals surface area (Å²) in [6, 6.07) is 18.1. The van der Waals surface area contributed by atoms with Crippen LogP contribution in [0.25, 0.3) is 0 Å². The minimum Gasteiger partial charge on any atom is -0.333 e. The van der Waals surface area contributed by atoms with Crippen LogP contribution < -0.4 is 0 Å². The molecule has 0 aliphatic heterocycles. The first-order valence-electron chi connectivity index (χ1n) is 12.3. The zero-order valence-corrected chi connectivity index (χ0v) is 21.7. The van der Waals surface area contributed by atoms with E-state index in [4.69, 9.17) is 0 Å². The maximum Gasteiger partial charge on any atom is 0.242 e. The molecule has 2 amide bonds. The number of unbranched alkanes of at least 4 members (excludes halogenated alkanes) is 1. The molecule has 186 valence electrons. The standard InChI is InChI=1S/C29H35FN2O2S/c1-4-6-17-31(29(34)26(5-2)24-10-8-7-9-11-24)21-28(33)32(20-27-22(3)16-18-35-27)19-23-12-14-25(30)15-13-23/h7-16,18,26H,4-6,17,19-21H2,1-3H3. The lowest BCUT2D eigenvalue weighted by Gasteiger charge is -2.30. The molecular formula is C29H35FN2O2S. The minimum atomic E-state index is -0.302. The molecule has 0 spiro atoms. The van der Waals surface area contributed by atoms with Crippen molar-refractivity contribution in [1.29, 1.82) is 0 Å². The lowest BCUT2D eigenvalue weighted by atomic mass is 9.95. The first-order valence-corrected chi connectivity index (χ1v) is 13.2. The zero-order valence-electron chi connectivity index (χ0n) is 20.9. The number of rotatable bonds is 12. The van der Waals surface area contributed by atoms with Gasteiger partial charge in [0.15, 0.2) is 0 Å². The lowest BCUT2D eigenvalue weighted by molar-refractivity contribution is -0.142. The summed E-state index contributed by atoms with van der Waals surface area (Å²) in [7, 11) is 0. The van der Waals surface area contributed by atoms with Gasteiger partial charge in [0.05, 0.1) is 19.0 Å². The molecule has 0 saturated carbocycles. The average Bonchev–Trinajstić information content (AvgIpc) is 3.27. The minimum absolute atomic E-state index is 0.00506. The fraction of sp³-hybridized carbons (Fsp3) is 0.379. The Hall–Kier alpha value is -2.99. The van der Waals surface area contributed by atoms with Crippen LogP contribution in [0.5, 0.6) is 0 Å². The smallest absolute Gasteiger partial charge is 0.242 e. The van der Waals surface area contributed by atoms with Gasteiger partial charge in [-0.1, -0.05) is 62.7 Å². The Balaban J connectivity index is 1.83. The highest BCUT2D eigenvalue weighted by Crippen LogP contribution is 2.24. The largest absolute Gasteiger partial charge is 0.333 e. The van der Waals surface area contributed by atoms with Crippen molar-refractivity contribution >= 4 is 23.2 Å². The van der Waals surface area contributed by atoms with Crippen LogP contribution in [0.2, 0.25) is 0 Å². The van der Waals surface area contributed by atoms with Crippen molar-refractivity contribution in [2.45, 2.75) is 59.0 Å². The summed E-state index contributed by atoms with van der Waals surface area (Å²) < 4.78 is 13.4. The van der Waals surface area contributed by atoms with Crippen molar-refractivity contribution in [3.05, 3.63) is 93.4 Å². The third-order valence-electron chi connectivity index (χ3n) is 6.27. The van der Waals surface area contributed by atoms with E-state index in [9.17, 15) is 14.0 Å². The summed E-state index contributed by atoms with van der Waals surface area (Å²) in [4.78, 5) is 31.9. The molecule has 4 nitrogen and oxygen atoms in total. The Labute approximate surface area is 212 Å². The van der Waals surface area contributed by atoms with Crippen LogP contribution in [0.15, 0.2) is 66.0 Å². The molecule has 3 rings (SSSR count). The molecule has 1 unspecified atom stereocenters. The Kier molecular flexibility index (Phi) is 10.0. The van der Waals surface area contributed by atoms with Gasteiger partial charge in [-0.25, -0.2) is 4.39 Å². The van der Waals surface area contributed by atoms with Crippen LogP contribution in [0.4, 0.5) is 4.39 Å². The van der Waals surface area contributed by atoms with Gasteiger partial charge < -0.3 is 9.80 Å². The van der Waals surface area contributed by atoms with Crippen molar-refractivity contribution < 1.29 is 14.0 Å². The third-order valence-corrected chi connectivity index (χ3v) is 7.28. The zero-order chi connectivity index (χ0) is 25.2. The summed E-state index contributed by atoms with van der Waals surface area (Å²) in [6.07, 6.45) is 2.45. The molecule has 0 bridgehead atoms. The third kappa shape index (κ3) is 7.49. The van der Waals surface area contributed by atoms with Crippen LogP contribution >= 0.6 is 11.3 Å². The molecule has 0 aliphatic carbocycles. The number of carbonyl (C=O) groups is 2. The molecule has 0 radical (unpaired) electrons. The van der Waals surface area contributed by atoms with Crippen LogP contribution in [0.3, 0.4) is 0 Å². The second-order valence-electron chi connectivity index (χ2n) is 8.89. The average molecular weight is 495 g/mol. The van der Waals surface area contributed by atoms with Crippen LogP contribution in [0, 0.1) is 12.7 Å². The molecule has 2 aromatic carbocycles. The summed E-state index contributed by atoms with van der Waals surface area (Å²) >= 11 is 1.62. The predicted molar refractivity (Wildman–Crippen MR) is 141 cm³/mol. The molecule has 1 aromatic heterocycles. The molecule has 0 saturated heterocycles. The van der Waals surface area contributed by atoms with E-state index < -0.39 is 0 Å². The van der Waals surface area contributed by atoms with Crippen LogP contribution in [-0.4, -0.2) is 34.7 Å². The maximum atomic E-state index is 13.6. The highest BCUT2D eigenvalue weighted by molar-refractivity contribution is 7.10. The van der Waals surface area contributed by atoms with Crippen LogP contribution in [-0.2, 0) is 22.7 Å². The molecular weight excluding hydrogens is 459 g/mol. The normalized spacial score (nSPS) is 11.8. The van der Waals surface area contributed by atoms with E-state index in [2.05, 4.69) is 6.92 Å². The molecule has 1 atom stereocenters. The number of halogens is 1. The Morgan fingerprint density at radius 3 is 2.26 bits per heavy atom. The predicted octanol–water partition coefficient (Wildman–Crippen LogP) is 6.55. The lowest BCUT2D eigenvalue weighted by Crippen LogP contribution is -2.44. The second-order valence-corrected chi connectivity index (χ2v) is 9.89. The van der Waals surface area contributed by atoms with Crippen molar-refractivity contribution in [3.8, 4) is 0 Å². The number of hydrogen-bond donors (Lipinski definition) is 0. The second kappa shape index (κ2) is 13.2. The van der Waals surface area contributed by atoms with Gasteiger partial charge in [0.2, 0.25) is 11.8 Å². The molecule has 0 N–H and O–H groups in total. The van der Waals surface area contributed by atoms with E-state index in [0.29, 0.717) is 26.1 Å². The van der Waals surface area contributed by atoms with Gasteiger partial charge in [-0.05, 0) is 60.0 Å². The number of thiophene rings is 1. The molecule has 0 fully saturated rings. The van der Waals surface area contributed by atoms with Gasteiger partial charge in [0.1, 0.15) is 5.82 Å². The van der Waals surface area contributed by atoms with E-state index in [1.165, 1.54) is 12.1 Å². The highest BCUT2D eigenvalue weighted by atomic mass is 32.1. The SMILES string of the molecule is CCCCN(CC(=O)N(Cc1ccc(F)cc1)Cc1sccc1C)C(=O)C(CC)c1ccccc1. The first-order chi connectivity index (χ1) is 16.9. The summed E-state index contributed by atoms with van der Waals surface area (Å²) in [5.74, 6) is -0.682. The van der Waals surface area contributed by atoms with E-state index in [0.717, 1.165) is 34.4 Å². The Morgan fingerprint density at radius 1 is 0.943 bits per heavy atom. The number of nitrogens with zero attached hydrogens (tertiary/aromatic N) is 2. The van der Waals surface area contributed by atoms with Gasteiger partial charge in [-0.2, -0.15) is 0 Å². The van der Waals surface area contributed by atoms with E-state index >= 15 is 0 Å². The van der Waals surface area contributed by atoms with Gasteiger partial charge in [-0.3, -0.25) is 9.59 Å². The van der Waals surface area contributed by atoms with E-state index in [-0.39, 0.29) is 30.1 Å². The van der Waals surface area contributed by atoms with Gasteiger partial charge in [0, 0.05) is 18.0 Å². The fourth-order valence-electron chi connectivity index (χ4n) is 4.12. The van der Waals surface area contributed by atoms with Gasteiger partial charge in [-0.15, -0.1) is 11.3 Å². The molecule has 35 heavy (non-hydrogen) atoms. The Bertz CT molecular complexity index is 1080. The monoisotopic (exact) mass is 494 g/mol. The van der Waals surface area contributed by atoms with Crippen molar-refractivity contribution in [3.63, 3.8) is 0 Å². The summed E-state index contributed by atoms with van der Waals surface area (Å²) in [5, 5.41) is 2.02. The Morgan fingerprint density at radius 2 is 1.66 bits per heavy atom. The van der Waals surface area contributed by atoms with Crippen molar-refractivity contribution in [2.75, 3.05) is 13.1 Å². The number of aryl methyl sites for hydroxylation is 1. The van der Waals surface area contributed by atoms with E-state index in [1.54, 1.807) is 33.3 Å². The summed E-state index contributed by atoms with van der Waals surface area (Å²) in [5.41, 5.74) is 2.98. The quantitative estimate of drug-likeness (QED) is 0.287. The number of carbonyl (C=O) groups excluding carboxylic acids is 2. The van der Waals surface area contributed by atoms with Gasteiger partial charge in [0.25, 0.3) is 0 Å². The number of hydrogen-bond acceptors (Lipinski definition) is 3. The topological polar surface area (TPSA) is 40.6 Å². The maximum absolute atomic E-state index is 13.6. The van der Waals surface area contributed by atoms with Crippen molar-refractivity contribution in [2.24, 2.45) is 0 Å². The van der Waals surface area contributed by atoms with E-state index in [1.807, 2.05) is 55.6 Å². The molecule has 1 heterocycles. The number of amides is 2.